The molecular formula is C44H31N5. The molecule has 0 amide bonds. The number of fused-ring (bicyclic) bond motifs is 6. The van der Waals surface area contributed by atoms with Crippen LogP contribution >= 0.6 is 0 Å². The Bertz CT molecular complexity index is 2530. The number of anilines is 2. The molecule has 0 saturated heterocycles. The van der Waals surface area contributed by atoms with E-state index in [0.717, 1.165) is 56.4 Å². The molecule has 0 radical (unpaired) electrons. The summed E-state index contributed by atoms with van der Waals surface area (Å²) in [5.74, 6) is 0. The molecule has 0 atom stereocenters. The first-order chi connectivity index (χ1) is 24.2. The molecule has 0 N–H and O–H groups in total. The molecule has 9 rings (SSSR count). The number of para-hydroxylation sites is 2. The van der Waals surface area contributed by atoms with Crippen molar-refractivity contribution in [3.63, 3.8) is 0 Å². The highest BCUT2D eigenvalue weighted by atomic mass is 15.1. The topological polar surface area (TPSA) is 46.8 Å². The lowest BCUT2D eigenvalue weighted by molar-refractivity contribution is 1.09. The molecule has 0 bridgehead atoms. The van der Waals surface area contributed by atoms with E-state index in [4.69, 9.17) is 4.98 Å². The van der Waals surface area contributed by atoms with Gasteiger partial charge >= 0.3 is 0 Å². The standard InChI is InChI=1S/C44H31N5/c1-30-14-4-3-13-25-48(33-27-40(38-18-9-11-23-45-38)47-41(28-33)39-19-10-12-24-46-39)43-26-31-21-22-35-34-17-7-8-20-42(34)49(32-15-5-2-6-16-32)44(35)37(31)29-36(30)43/h2-24,26-29H,1,25H2/b13-3-,14-4-. The van der Waals surface area contributed by atoms with E-state index in [1.54, 1.807) is 12.4 Å². The van der Waals surface area contributed by atoms with Crippen LogP contribution in [-0.2, 0) is 0 Å². The lowest BCUT2D eigenvalue weighted by Crippen LogP contribution is -2.19. The van der Waals surface area contributed by atoms with Crippen molar-refractivity contribution in [1.29, 1.82) is 0 Å². The highest BCUT2D eigenvalue weighted by Gasteiger charge is 2.21. The van der Waals surface area contributed by atoms with E-state index in [1.807, 2.05) is 36.4 Å². The number of rotatable bonds is 4. The molecule has 0 saturated carbocycles. The summed E-state index contributed by atoms with van der Waals surface area (Å²) < 4.78 is 2.40. The van der Waals surface area contributed by atoms with Crippen molar-refractivity contribution in [3.8, 4) is 28.5 Å². The zero-order chi connectivity index (χ0) is 32.7. The predicted octanol–water partition coefficient (Wildman–Crippen LogP) is 10.7. The molecule has 1 aliphatic heterocycles. The summed E-state index contributed by atoms with van der Waals surface area (Å²) in [6.07, 6.45) is 12.1. The van der Waals surface area contributed by atoms with Gasteiger partial charge in [0.05, 0.1) is 33.8 Å². The Morgan fingerprint density at radius 3 is 2.02 bits per heavy atom. The van der Waals surface area contributed by atoms with Gasteiger partial charge in [0.15, 0.2) is 0 Å². The Hall–Kier alpha value is -6.59. The minimum absolute atomic E-state index is 0.649. The molecule has 0 spiro atoms. The molecule has 5 nitrogen and oxygen atoms in total. The number of pyridine rings is 3. The Balaban J connectivity index is 1.32. The second kappa shape index (κ2) is 11.9. The van der Waals surface area contributed by atoms with Crippen molar-refractivity contribution in [2.75, 3.05) is 11.4 Å². The van der Waals surface area contributed by atoms with Crippen molar-refractivity contribution < 1.29 is 0 Å². The van der Waals surface area contributed by atoms with Crippen LogP contribution in [0.1, 0.15) is 5.56 Å². The first-order valence-electron chi connectivity index (χ1n) is 16.4. The smallest absolute Gasteiger partial charge is 0.0915 e. The number of hydrogen-bond donors (Lipinski definition) is 0. The molecule has 1 aliphatic rings. The average molecular weight is 630 g/mol. The van der Waals surface area contributed by atoms with E-state index < -0.39 is 0 Å². The molecule has 8 aromatic rings. The van der Waals surface area contributed by atoms with Crippen molar-refractivity contribution in [1.82, 2.24) is 19.5 Å². The van der Waals surface area contributed by atoms with Gasteiger partial charge in [-0.3, -0.25) is 9.97 Å². The van der Waals surface area contributed by atoms with Crippen LogP contribution in [0.2, 0.25) is 0 Å². The molecule has 0 unspecified atom stereocenters. The van der Waals surface area contributed by atoms with Crippen molar-refractivity contribution in [3.05, 3.63) is 176 Å². The Morgan fingerprint density at radius 2 is 1.29 bits per heavy atom. The Morgan fingerprint density at radius 1 is 0.571 bits per heavy atom. The predicted molar refractivity (Wildman–Crippen MR) is 203 cm³/mol. The number of aromatic nitrogens is 4. The van der Waals surface area contributed by atoms with Crippen LogP contribution in [-0.4, -0.2) is 26.1 Å². The Kier molecular flexibility index (Phi) is 6.95. The largest absolute Gasteiger partial charge is 0.337 e. The molecule has 49 heavy (non-hydrogen) atoms. The van der Waals surface area contributed by atoms with Crippen LogP contribution < -0.4 is 4.90 Å². The normalized spacial score (nSPS) is 14.4. The fourth-order valence-electron chi connectivity index (χ4n) is 6.96. The third-order valence-electron chi connectivity index (χ3n) is 9.23. The van der Waals surface area contributed by atoms with Gasteiger partial charge in [-0.1, -0.05) is 91.5 Å². The van der Waals surface area contributed by atoms with E-state index in [1.165, 1.54) is 27.2 Å². The van der Waals surface area contributed by atoms with Gasteiger partial charge in [0, 0.05) is 57.7 Å². The number of hydrogen-bond acceptors (Lipinski definition) is 4. The minimum atomic E-state index is 0.649. The molecule has 5 heteroatoms. The number of allylic oxidation sites excluding steroid dienone is 4. The minimum Gasteiger partial charge on any atom is -0.337 e. The highest BCUT2D eigenvalue weighted by molar-refractivity contribution is 6.19. The maximum atomic E-state index is 5.04. The third kappa shape index (κ3) is 5.00. The van der Waals surface area contributed by atoms with Gasteiger partial charge in [-0.25, -0.2) is 4.98 Å². The molecular weight excluding hydrogens is 599 g/mol. The van der Waals surface area contributed by atoms with Crippen LogP contribution in [0.15, 0.2) is 171 Å². The van der Waals surface area contributed by atoms with Gasteiger partial charge in [0.2, 0.25) is 0 Å². The summed E-state index contributed by atoms with van der Waals surface area (Å²) in [5, 5.41) is 4.79. The van der Waals surface area contributed by atoms with Gasteiger partial charge < -0.3 is 9.47 Å². The molecule has 4 aromatic carbocycles. The first kappa shape index (κ1) is 28.6. The van der Waals surface area contributed by atoms with Gasteiger partial charge in [-0.05, 0) is 77.7 Å². The number of nitrogens with zero attached hydrogens (tertiary/aromatic N) is 5. The number of benzene rings is 4. The molecule has 0 aliphatic carbocycles. The van der Waals surface area contributed by atoms with E-state index in [-0.39, 0.29) is 0 Å². The summed E-state index contributed by atoms with van der Waals surface area (Å²) in [7, 11) is 0. The maximum Gasteiger partial charge on any atom is 0.0915 e. The summed E-state index contributed by atoms with van der Waals surface area (Å²) in [4.78, 5) is 16.7. The quantitative estimate of drug-likeness (QED) is 0.194. The van der Waals surface area contributed by atoms with Crippen LogP contribution in [0, 0.1) is 0 Å². The van der Waals surface area contributed by atoms with Crippen LogP contribution in [0.4, 0.5) is 11.4 Å². The maximum absolute atomic E-state index is 5.04. The fraction of sp³-hybridized carbons (Fsp3) is 0.0227. The van der Waals surface area contributed by atoms with Crippen molar-refractivity contribution in [2.45, 2.75) is 0 Å². The summed E-state index contributed by atoms with van der Waals surface area (Å²) in [5.41, 5.74) is 10.8. The highest BCUT2D eigenvalue weighted by Crippen LogP contribution is 2.42. The van der Waals surface area contributed by atoms with Crippen molar-refractivity contribution in [2.24, 2.45) is 0 Å². The lowest BCUT2D eigenvalue weighted by Gasteiger charge is -2.28. The first-order valence-corrected chi connectivity index (χ1v) is 16.4. The van der Waals surface area contributed by atoms with E-state index in [2.05, 4.69) is 141 Å². The van der Waals surface area contributed by atoms with Gasteiger partial charge in [-0.2, -0.15) is 0 Å². The van der Waals surface area contributed by atoms with Gasteiger partial charge in [0.25, 0.3) is 0 Å². The zero-order valence-corrected chi connectivity index (χ0v) is 26.7. The van der Waals surface area contributed by atoms with Crippen LogP contribution in [0.3, 0.4) is 0 Å². The molecule has 5 heterocycles. The second-order valence-electron chi connectivity index (χ2n) is 12.2. The van der Waals surface area contributed by atoms with Gasteiger partial charge in [-0.15, -0.1) is 0 Å². The molecule has 4 aromatic heterocycles. The van der Waals surface area contributed by atoms with E-state index in [0.29, 0.717) is 6.54 Å². The second-order valence-corrected chi connectivity index (χ2v) is 12.2. The van der Waals surface area contributed by atoms with Crippen LogP contribution in [0.25, 0.3) is 66.6 Å². The molecule has 0 fully saturated rings. The lowest BCUT2D eigenvalue weighted by atomic mass is 9.96. The summed E-state index contributed by atoms with van der Waals surface area (Å²) in [6, 6.07) is 44.6. The summed E-state index contributed by atoms with van der Waals surface area (Å²) in [6.45, 7) is 5.23. The summed E-state index contributed by atoms with van der Waals surface area (Å²) >= 11 is 0. The zero-order valence-electron chi connectivity index (χ0n) is 26.7. The van der Waals surface area contributed by atoms with Gasteiger partial charge in [0.1, 0.15) is 0 Å². The fourth-order valence-corrected chi connectivity index (χ4v) is 6.96. The van der Waals surface area contributed by atoms with Crippen LogP contribution in [0.5, 0.6) is 0 Å². The monoisotopic (exact) mass is 629 g/mol. The van der Waals surface area contributed by atoms with E-state index in [9.17, 15) is 0 Å². The SMILES string of the molecule is C=C1/C=C\C=C/CN(c2cc(-c3ccccn3)nc(-c3ccccn3)c2)c2cc3ccc4c5ccccc5n(-c5ccccc5)c4c3cc21. The molecule has 232 valence electrons. The average Bonchev–Trinajstić information content (AvgIpc) is 3.54. The third-order valence-corrected chi connectivity index (χ3v) is 9.23. The van der Waals surface area contributed by atoms with E-state index >= 15 is 0 Å². The Labute approximate surface area is 284 Å². The van der Waals surface area contributed by atoms with Crippen molar-refractivity contribution >= 4 is 49.5 Å².